The molecule has 3 aromatic carbocycles. The summed E-state index contributed by atoms with van der Waals surface area (Å²) in [5.41, 5.74) is 4.81. The van der Waals surface area contributed by atoms with E-state index in [-0.39, 0.29) is 5.91 Å². The van der Waals surface area contributed by atoms with Crippen molar-refractivity contribution >= 4 is 62.2 Å². The molecule has 3 aromatic rings. The van der Waals surface area contributed by atoms with Crippen LogP contribution in [0.2, 0.25) is 5.02 Å². The Morgan fingerprint density at radius 3 is 2.60 bits per heavy atom. The smallest absolute Gasteiger partial charge is 0.271 e. The highest BCUT2D eigenvalue weighted by Crippen LogP contribution is 2.26. The molecule has 30 heavy (non-hydrogen) atoms. The number of hydrazone groups is 1. The van der Waals surface area contributed by atoms with Crippen molar-refractivity contribution in [1.29, 1.82) is 0 Å². The van der Waals surface area contributed by atoms with Crippen molar-refractivity contribution in [2.45, 2.75) is 6.61 Å². The van der Waals surface area contributed by atoms with E-state index in [0.717, 1.165) is 19.2 Å². The van der Waals surface area contributed by atoms with Gasteiger partial charge in [-0.3, -0.25) is 4.79 Å². The fraction of sp³-hybridized carbons (Fsp3) is 0.0909. The van der Waals surface area contributed by atoms with Gasteiger partial charge in [-0.25, -0.2) is 5.43 Å². The van der Waals surface area contributed by atoms with Crippen molar-refractivity contribution in [2.24, 2.45) is 5.10 Å². The first-order valence-corrected chi connectivity index (χ1v) is 11.0. The molecule has 0 aliphatic carbocycles. The largest absolute Gasteiger partial charge is 0.496 e. The molecule has 0 unspecified atom stereocenters. The second kappa shape index (κ2) is 10.8. The highest BCUT2D eigenvalue weighted by Gasteiger charge is 2.08. The molecule has 0 radical (unpaired) electrons. The number of hydrogen-bond donors (Lipinski definition) is 1. The van der Waals surface area contributed by atoms with Gasteiger partial charge in [-0.1, -0.05) is 23.7 Å². The van der Waals surface area contributed by atoms with Crippen LogP contribution >= 0.6 is 50.1 Å². The number of halogens is 3. The van der Waals surface area contributed by atoms with Crippen LogP contribution in [0.3, 0.4) is 0 Å². The molecular formula is C22H17BrClIN2O3. The third-order valence-electron chi connectivity index (χ3n) is 4.06. The normalized spacial score (nSPS) is 10.8. The van der Waals surface area contributed by atoms with E-state index in [9.17, 15) is 4.79 Å². The molecule has 0 spiro atoms. The summed E-state index contributed by atoms with van der Waals surface area (Å²) < 4.78 is 12.8. The van der Waals surface area contributed by atoms with Crippen LogP contribution in [0.15, 0.2) is 70.2 Å². The molecule has 0 aliphatic rings. The van der Waals surface area contributed by atoms with Gasteiger partial charge in [0.05, 0.1) is 21.4 Å². The Morgan fingerprint density at radius 2 is 1.90 bits per heavy atom. The molecule has 0 aliphatic heterocycles. The van der Waals surface area contributed by atoms with E-state index in [2.05, 4.69) is 49.0 Å². The van der Waals surface area contributed by atoms with Crippen LogP contribution < -0.4 is 14.9 Å². The van der Waals surface area contributed by atoms with E-state index < -0.39 is 0 Å². The Hall–Kier alpha value is -2.10. The van der Waals surface area contributed by atoms with Gasteiger partial charge < -0.3 is 9.47 Å². The highest BCUT2D eigenvalue weighted by molar-refractivity contribution is 14.1. The maximum atomic E-state index is 12.3. The Balaban J connectivity index is 1.58. The van der Waals surface area contributed by atoms with Gasteiger partial charge in [-0.15, -0.1) is 0 Å². The zero-order valence-corrected chi connectivity index (χ0v) is 20.4. The summed E-state index contributed by atoms with van der Waals surface area (Å²) in [6.07, 6.45) is 1.57. The Kier molecular flexibility index (Phi) is 8.12. The molecule has 0 saturated heterocycles. The number of methoxy groups -OCH3 is 1. The number of nitrogens with one attached hydrogen (secondary N) is 1. The van der Waals surface area contributed by atoms with Crippen molar-refractivity contribution < 1.29 is 14.3 Å². The summed E-state index contributed by atoms with van der Waals surface area (Å²) in [5, 5.41) is 4.72. The van der Waals surface area contributed by atoms with Crippen LogP contribution in [-0.4, -0.2) is 19.2 Å². The Labute approximate surface area is 201 Å². The topological polar surface area (TPSA) is 59.9 Å². The Morgan fingerprint density at radius 1 is 1.13 bits per heavy atom. The lowest BCUT2D eigenvalue weighted by atomic mass is 10.2. The number of amides is 1. The standard InChI is InChI=1S/C22H17BrClIN2O3/c1-29-21-11-16(5-8-19(21)25)22(28)27-26-12-15-4-9-20(18(23)10-15)30-13-14-2-6-17(24)7-3-14/h2-12H,13H2,1H3,(H,27,28)/b26-12-. The van der Waals surface area contributed by atoms with Crippen LogP contribution in [0.25, 0.3) is 0 Å². The third-order valence-corrected chi connectivity index (χ3v) is 5.82. The molecule has 0 aromatic heterocycles. The monoisotopic (exact) mass is 598 g/mol. The van der Waals surface area contributed by atoms with Gasteiger partial charge in [0.15, 0.2) is 0 Å². The van der Waals surface area contributed by atoms with Gasteiger partial charge >= 0.3 is 0 Å². The summed E-state index contributed by atoms with van der Waals surface area (Å²) in [6.45, 7) is 0.429. The van der Waals surface area contributed by atoms with E-state index in [4.69, 9.17) is 21.1 Å². The maximum Gasteiger partial charge on any atom is 0.271 e. The van der Waals surface area contributed by atoms with E-state index in [1.807, 2.05) is 48.5 Å². The minimum absolute atomic E-state index is 0.317. The summed E-state index contributed by atoms with van der Waals surface area (Å²) in [7, 11) is 1.57. The van der Waals surface area contributed by atoms with Gasteiger partial charge in [0.1, 0.15) is 18.1 Å². The van der Waals surface area contributed by atoms with Gasteiger partial charge in [-0.2, -0.15) is 5.10 Å². The first-order chi connectivity index (χ1) is 14.5. The van der Waals surface area contributed by atoms with Crippen molar-refractivity contribution in [3.8, 4) is 11.5 Å². The zero-order chi connectivity index (χ0) is 21.5. The molecule has 0 heterocycles. The SMILES string of the molecule is COc1cc(C(=O)N/N=C\c2ccc(OCc3ccc(Cl)cc3)c(Br)c2)ccc1I. The lowest BCUT2D eigenvalue weighted by Gasteiger charge is -2.09. The lowest BCUT2D eigenvalue weighted by molar-refractivity contribution is 0.0954. The van der Waals surface area contributed by atoms with Crippen LogP contribution in [-0.2, 0) is 6.61 Å². The molecule has 3 rings (SSSR count). The maximum absolute atomic E-state index is 12.3. The molecule has 154 valence electrons. The average molecular weight is 600 g/mol. The molecule has 0 fully saturated rings. The second-order valence-electron chi connectivity index (χ2n) is 6.15. The number of hydrogen-bond acceptors (Lipinski definition) is 4. The van der Waals surface area contributed by atoms with Gasteiger partial charge in [0.2, 0.25) is 0 Å². The van der Waals surface area contributed by atoms with Crippen molar-refractivity contribution in [3.63, 3.8) is 0 Å². The fourth-order valence-corrected chi connectivity index (χ4v) is 3.68. The van der Waals surface area contributed by atoms with Crippen molar-refractivity contribution in [1.82, 2.24) is 5.43 Å². The zero-order valence-electron chi connectivity index (χ0n) is 15.9. The number of benzene rings is 3. The van der Waals surface area contributed by atoms with Gasteiger partial charge in [0.25, 0.3) is 5.91 Å². The lowest BCUT2D eigenvalue weighted by Crippen LogP contribution is -2.17. The molecule has 0 saturated carbocycles. The molecule has 5 nitrogen and oxygen atoms in total. The summed E-state index contributed by atoms with van der Waals surface area (Å²) in [6, 6.07) is 18.3. The van der Waals surface area contributed by atoms with E-state index in [0.29, 0.717) is 28.7 Å². The van der Waals surface area contributed by atoms with Gasteiger partial charge in [-0.05, 0) is 98.2 Å². The molecule has 1 amide bonds. The van der Waals surface area contributed by atoms with Crippen LogP contribution in [0.1, 0.15) is 21.5 Å². The van der Waals surface area contributed by atoms with Crippen LogP contribution in [0.5, 0.6) is 11.5 Å². The number of rotatable bonds is 7. The first-order valence-electron chi connectivity index (χ1n) is 8.80. The number of carbonyl (C=O) groups excluding carboxylic acids is 1. The second-order valence-corrected chi connectivity index (χ2v) is 8.61. The van der Waals surface area contributed by atoms with Crippen LogP contribution in [0, 0.1) is 3.57 Å². The molecular weight excluding hydrogens is 583 g/mol. The quantitative estimate of drug-likeness (QED) is 0.204. The van der Waals surface area contributed by atoms with E-state index in [1.165, 1.54) is 0 Å². The summed E-state index contributed by atoms with van der Waals surface area (Å²) >= 11 is 11.5. The summed E-state index contributed by atoms with van der Waals surface area (Å²) in [4.78, 5) is 12.3. The molecule has 8 heteroatoms. The highest BCUT2D eigenvalue weighted by atomic mass is 127. The summed E-state index contributed by atoms with van der Waals surface area (Å²) in [5.74, 6) is 1.03. The Bertz CT molecular complexity index is 1070. The molecule has 0 bridgehead atoms. The van der Waals surface area contributed by atoms with Crippen LogP contribution in [0.4, 0.5) is 0 Å². The molecule has 1 N–H and O–H groups in total. The minimum atomic E-state index is -0.317. The predicted molar refractivity (Wildman–Crippen MR) is 131 cm³/mol. The first kappa shape index (κ1) is 22.6. The molecule has 0 atom stereocenters. The number of ether oxygens (including phenoxy) is 2. The van der Waals surface area contributed by atoms with Gasteiger partial charge in [0, 0.05) is 10.6 Å². The predicted octanol–water partition coefficient (Wildman–Crippen LogP) is 6.06. The fourth-order valence-electron chi connectivity index (χ4n) is 2.49. The van der Waals surface area contributed by atoms with Crippen molar-refractivity contribution in [2.75, 3.05) is 7.11 Å². The van der Waals surface area contributed by atoms with E-state index in [1.54, 1.807) is 25.5 Å². The number of carbonyl (C=O) groups is 1. The third kappa shape index (κ3) is 6.20. The average Bonchev–Trinajstić information content (AvgIpc) is 2.74. The minimum Gasteiger partial charge on any atom is -0.496 e. The van der Waals surface area contributed by atoms with Crippen molar-refractivity contribution in [3.05, 3.63) is 90.4 Å². The van der Waals surface area contributed by atoms with E-state index >= 15 is 0 Å². The number of nitrogens with zero attached hydrogens (tertiary/aromatic N) is 1.